The smallest absolute Gasteiger partial charge is 0.302 e. The Morgan fingerprint density at radius 2 is 2.25 bits per heavy atom. The van der Waals surface area contributed by atoms with Crippen molar-refractivity contribution in [3.63, 3.8) is 0 Å². The fourth-order valence-electron chi connectivity index (χ4n) is 2.27. The molecule has 2 rings (SSSR count). The Hall–Kier alpha value is -1.35. The van der Waals surface area contributed by atoms with E-state index in [2.05, 4.69) is 0 Å². The predicted octanol–water partition coefficient (Wildman–Crippen LogP) is 1.85. The summed E-state index contributed by atoms with van der Waals surface area (Å²) >= 11 is 0. The summed E-state index contributed by atoms with van der Waals surface area (Å²) in [6.07, 6.45) is 0.195. The molecule has 1 aromatic carbocycles. The van der Waals surface area contributed by atoms with E-state index >= 15 is 0 Å². The van der Waals surface area contributed by atoms with Crippen LogP contribution in [0.15, 0.2) is 24.3 Å². The molecule has 1 N–H and O–H groups in total. The molecule has 3 heteroatoms. The van der Waals surface area contributed by atoms with Gasteiger partial charge in [0.25, 0.3) is 0 Å². The predicted molar refractivity (Wildman–Crippen MR) is 59.8 cm³/mol. The zero-order valence-electron chi connectivity index (χ0n) is 9.56. The number of benzene rings is 1. The second kappa shape index (κ2) is 3.91. The monoisotopic (exact) mass is 220 g/mol. The standard InChI is InChI=1S/C13H16O3/c1-9(14)16-8-13(2)7-10-5-3-4-6-11(10)12(13)15/h3-6,12,15H,7-8H2,1-2H3. The molecule has 2 atom stereocenters. The topological polar surface area (TPSA) is 46.5 Å². The first kappa shape index (κ1) is 11.1. The van der Waals surface area contributed by atoms with E-state index in [1.807, 2.05) is 31.2 Å². The normalized spacial score (nSPS) is 27.6. The molecule has 0 saturated carbocycles. The van der Waals surface area contributed by atoms with Gasteiger partial charge in [0.15, 0.2) is 0 Å². The SMILES string of the molecule is CC(=O)OCC1(C)Cc2ccccc2C1O. The lowest BCUT2D eigenvalue weighted by Crippen LogP contribution is -2.29. The minimum absolute atomic E-state index is 0.262. The summed E-state index contributed by atoms with van der Waals surface area (Å²) in [6.45, 7) is 3.59. The van der Waals surface area contributed by atoms with Crippen LogP contribution in [0, 0.1) is 5.41 Å². The molecular formula is C13H16O3. The molecule has 0 fully saturated rings. The van der Waals surface area contributed by atoms with Crippen LogP contribution in [0.3, 0.4) is 0 Å². The zero-order chi connectivity index (χ0) is 11.8. The van der Waals surface area contributed by atoms with Crippen LogP contribution >= 0.6 is 0 Å². The van der Waals surface area contributed by atoms with Crippen LogP contribution < -0.4 is 0 Å². The van der Waals surface area contributed by atoms with E-state index in [0.717, 1.165) is 17.5 Å². The van der Waals surface area contributed by atoms with Gasteiger partial charge in [-0.25, -0.2) is 0 Å². The average molecular weight is 220 g/mol. The number of aliphatic hydroxyl groups is 1. The second-order valence-electron chi connectivity index (χ2n) is 4.71. The van der Waals surface area contributed by atoms with E-state index in [1.54, 1.807) is 0 Å². The lowest BCUT2D eigenvalue weighted by Gasteiger charge is -2.27. The Morgan fingerprint density at radius 1 is 1.56 bits per heavy atom. The summed E-state index contributed by atoms with van der Waals surface area (Å²) in [6, 6.07) is 7.82. The van der Waals surface area contributed by atoms with Gasteiger partial charge in [0.2, 0.25) is 0 Å². The number of aliphatic hydroxyl groups excluding tert-OH is 1. The molecule has 1 aliphatic rings. The number of carbonyl (C=O) groups excluding carboxylic acids is 1. The Kier molecular flexibility index (Phi) is 2.72. The molecule has 2 unspecified atom stereocenters. The van der Waals surface area contributed by atoms with Crippen molar-refractivity contribution in [2.45, 2.75) is 26.4 Å². The van der Waals surface area contributed by atoms with Crippen LogP contribution in [0.4, 0.5) is 0 Å². The fraction of sp³-hybridized carbons (Fsp3) is 0.462. The number of carbonyl (C=O) groups is 1. The van der Waals surface area contributed by atoms with Crippen LogP contribution in [0.1, 0.15) is 31.1 Å². The van der Waals surface area contributed by atoms with E-state index in [9.17, 15) is 9.90 Å². The number of fused-ring (bicyclic) bond motifs is 1. The summed E-state index contributed by atoms with van der Waals surface area (Å²) in [4.78, 5) is 10.8. The third-order valence-corrected chi connectivity index (χ3v) is 3.21. The van der Waals surface area contributed by atoms with Crippen molar-refractivity contribution in [2.24, 2.45) is 5.41 Å². The molecule has 0 radical (unpaired) electrons. The van der Waals surface area contributed by atoms with E-state index in [-0.39, 0.29) is 12.6 Å². The van der Waals surface area contributed by atoms with Gasteiger partial charge in [-0.05, 0) is 17.5 Å². The molecule has 16 heavy (non-hydrogen) atoms. The molecule has 1 aromatic rings. The van der Waals surface area contributed by atoms with Crippen LogP contribution in [-0.2, 0) is 16.0 Å². The molecule has 0 aliphatic heterocycles. The van der Waals surface area contributed by atoms with Gasteiger partial charge in [0, 0.05) is 12.3 Å². The second-order valence-corrected chi connectivity index (χ2v) is 4.71. The van der Waals surface area contributed by atoms with E-state index in [4.69, 9.17) is 4.74 Å². The number of hydrogen-bond acceptors (Lipinski definition) is 3. The molecule has 86 valence electrons. The van der Waals surface area contributed by atoms with E-state index < -0.39 is 11.5 Å². The van der Waals surface area contributed by atoms with E-state index in [0.29, 0.717) is 0 Å². The summed E-state index contributed by atoms with van der Waals surface area (Å²) in [5, 5.41) is 10.2. The maximum Gasteiger partial charge on any atom is 0.302 e. The summed E-state index contributed by atoms with van der Waals surface area (Å²) in [5.41, 5.74) is 1.71. The van der Waals surface area contributed by atoms with Crippen molar-refractivity contribution in [1.82, 2.24) is 0 Å². The van der Waals surface area contributed by atoms with Crippen LogP contribution in [0.2, 0.25) is 0 Å². The summed E-state index contributed by atoms with van der Waals surface area (Å²) in [5.74, 6) is -0.301. The molecule has 0 spiro atoms. The lowest BCUT2D eigenvalue weighted by molar-refractivity contribution is -0.146. The van der Waals surface area contributed by atoms with Crippen molar-refractivity contribution >= 4 is 5.97 Å². The molecule has 0 amide bonds. The van der Waals surface area contributed by atoms with Gasteiger partial charge in [-0.15, -0.1) is 0 Å². The van der Waals surface area contributed by atoms with Crippen molar-refractivity contribution < 1.29 is 14.6 Å². The zero-order valence-corrected chi connectivity index (χ0v) is 9.56. The minimum atomic E-state index is -0.553. The highest BCUT2D eigenvalue weighted by Crippen LogP contribution is 2.45. The number of hydrogen-bond donors (Lipinski definition) is 1. The van der Waals surface area contributed by atoms with Gasteiger partial charge in [-0.3, -0.25) is 4.79 Å². The van der Waals surface area contributed by atoms with Crippen LogP contribution in [0.25, 0.3) is 0 Å². The molecule has 0 aromatic heterocycles. The van der Waals surface area contributed by atoms with Crippen molar-refractivity contribution in [1.29, 1.82) is 0 Å². The lowest BCUT2D eigenvalue weighted by atomic mass is 9.86. The van der Waals surface area contributed by atoms with Crippen LogP contribution in [0.5, 0.6) is 0 Å². The van der Waals surface area contributed by atoms with Crippen LogP contribution in [-0.4, -0.2) is 17.7 Å². The quantitative estimate of drug-likeness (QED) is 0.774. The van der Waals surface area contributed by atoms with Gasteiger partial charge < -0.3 is 9.84 Å². The van der Waals surface area contributed by atoms with Gasteiger partial charge >= 0.3 is 5.97 Å². The molecular weight excluding hydrogens is 204 g/mol. The summed E-state index contributed by atoms with van der Waals surface area (Å²) < 4.78 is 5.03. The number of rotatable bonds is 2. The average Bonchev–Trinajstić information content (AvgIpc) is 2.50. The molecule has 1 aliphatic carbocycles. The maximum absolute atomic E-state index is 10.8. The molecule has 0 heterocycles. The van der Waals surface area contributed by atoms with Crippen molar-refractivity contribution in [2.75, 3.05) is 6.61 Å². The summed E-state index contributed by atoms with van der Waals surface area (Å²) in [7, 11) is 0. The third-order valence-electron chi connectivity index (χ3n) is 3.21. The Morgan fingerprint density at radius 3 is 2.88 bits per heavy atom. The highest BCUT2D eigenvalue weighted by atomic mass is 16.5. The maximum atomic E-state index is 10.8. The molecule has 3 nitrogen and oxygen atoms in total. The first-order valence-electron chi connectivity index (χ1n) is 5.42. The van der Waals surface area contributed by atoms with Gasteiger partial charge in [-0.2, -0.15) is 0 Å². The van der Waals surface area contributed by atoms with Gasteiger partial charge in [0.05, 0.1) is 12.7 Å². The van der Waals surface area contributed by atoms with Gasteiger partial charge in [-0.1, -0.05) is 31.2 Å². The van der Waals surface area contributed by atoms with Gasteiger partial charge in [0.1, 0.15) is 0 Å². The van der Waals surface area contributed by atoms with Crippen molar-refractivity contribution in [3.8, 4) is 0 Å². The first-order valence-corrected chi connectivity index (χ1v) is 5.42. The number of ether oxygens (including phenoxy) is 1. The molecule has 0 saturated heterocycles. The van der Waals surface area contributed by atoms with E-state index in [1.165, 1.54) is 6.92 Å². The largest absolute Gasteiger partial charge is 0.465 e. The Bertz CT molecular complexity index is 413. The Labute approximate surface area is 95.0 Å². The fourth-order valence-corrected chi connectivity index (χ4v) is 2.27. The highest BCUT2D eigenvalue weighted by molar-refractivity contribution is 5.66. The third kappa shape index (κ3) is 1.83. The molecule has 0 bridgehead atoms. The highest BCUT2D eigenvalue weighted by Gasteiger charge is 2.42. The number of esters is 1. The minimum Gasteiger partial charge on any atom is -0.465 e. The van der Waals surface area contributed by atoms with Crippen molar-refractivity contribution in [3.05, 3.63) is 35.4 Å². The first-order chi connectivity index (χ1) is 7.53. The Balaban J connectivity index is 2.19.